The third-order valence-electron chi connectivity index (χ3n) is 5.88. The number of aromatic nitrogens is 2. The predicted octanol–water partition coefficient (Wildman–Crippen LogP) is 2.20. The highest BCUT2D eigenvalue weighted by atomic mass is 16.1. The van der Waals surface area contributed by atoms with E-state index in [9.17, 15) is 4.79 Å². The molecule has 5 nitrogen and oxygen atoms in total. The molecule has 0 spiro atoms. The van der Waals surface area contributed by atoms with Gasteiger partial charge in [0.25, 0.3) is 0 Å². The van der Waals surface area contributed by atoms with Gasteiger partial charge < -0.3 is 10.2 Å². The number of hydrogen-bond donors (Lipinski definition) is 2. The van der Waals surface area contributed by atoms with Gasteiger partial charge in [-0.05, 0) is 55.7 Å². The smallest absolute Gasteiger partial charge is 0.223 e. The maximum atomic E-state index is 12.5. The van der Waals surface area contributed by atoms with Crippen LogP contribution in [0.3, 0.4) is 0 Å². The van der Waals surface area contributed by atoms with Crippen molar-refractivity contribution in [3.63, 3.8) is 0 Å². The fourth-order valence-corrected chi connectivity index (χ4v) is 4.24. The highest BCUT2D eigenvalue weighted by molar-refractivity contribution is 5.79. The molecule has 2 N–H and O–H groups in total. The molecule has 1 aromatic heterocycles. The fraction of sp³-hybridized carbons (Fsp3) is 0.524. The normalized spacial score (nSPS) is 22.9. The zero-order chi connectivity index (χ0) is 17.8. The molecule has 138 valence electrons. The lowest BCUT2D eigenvalue weighted by Gasteiger charge is -2.22. The first-order valence-electron chi connectivity index (χ1n) is 9.83. The van der Waals surface area contributed by atoms with Crippen LogP contribution in [0.4, 0.5) is 0 Å². The lowest BCUT2D eigenvalue weighted by atomic mass is 9.87. The summed E-state index contributed by atoms with van der Waals surface area (Å²) in [6, 6.07) is 10.7. The van der Waals surface area contributed by atoms with Crippen molar-refractivity contribution in [1.29, 1.82) is 0 Å². The standard InChI is InChI=1S/C21H28N4O/c26-21(18-6-7-20-19(12-18)14-23-24-20)22-13-17-9-11-25(15-17)10-8-16-4-2-1-3-5-16/h1-5,14,17-18H,6-13,15H2,(H,22,26)(H,23,24). The van der Waals surface area contributed by atoms with Crippen molar-refractivity contribution in [2.24, 2.45) is 11.8 Å². The number of amides is 1. The van der Waals surface area contributed by atoms with Gasteiger partial charge in [0.05, 0.1) is 6.20 Å². The average Bonchev–Trinajstić information content (AvgIpc) is 3.33. The van der Waals surface area contributed by atoms with E-state index in [1.807, 2.05) is 6.20 Å². The third-order valence-corrected chi connectivity index (χ3v) is 5.88. The molecule has 0 bridgehead atoms. The Morgan fingerprint density at radius 2 is 2.15 bits per heavy atom. The van der Waals surface area contributed by atoms with Crippen LogP contribution in [0.2, 0.25) is 0 Å². The monoisotopic (exact) mass is 352 g/mol. The van der Waals surface area contributed by atoms with Gasteiger partial charge in [0.2, 0.25) is 5.91 Å². The topological polar surface area (TPSA) is 61.0 Å². The van der Waals surface area contributed by atoms with Crippen LogP contribution in [0.5, 0.6) is 0 Å². The molecule has 4 rings (SSSR count). The number of H-pyrrole nitrogens is 1. The number of nitrogens with one attached hydrogen (secondary N) is 2. The number of likely N-dealkylation sites (tertiary alicyclic amines) is 1. The molecule has 5 heteroatoms. The van der Waals surface area contributed by atoms with Crippen LogP contribution in [-0.4, -0.2) is 47.2 Å². The molecule has 1 aliphatic carbocycles. The van der Waals surface area contributed by atoms with Crippen LogP contribution in [0.1, 0.15) is 29.7 Å². The van der Waals surface area contributed by atoms with Crippen molar-refractivity contribution >= 4 is 5.91 Å². The molecule has 1 fully saturated rings. The molecular weight excluding hydrogens is 324 g/mol. The van der Waals surface area contributed by atoms with E-state index in [-0.39, 0.29) is 11.8 Å². The summed E-state index contributed by atoms with van der Waals surface area (Å²) in [5.74, 6) is 0.915. The molecule has 0 radical (unpaired) electrons. The zero-order valence-corrected chi connectivity index (χ0v) is 15.3. The predicted molar refractivity (Wildman–Crippen MR) is 102 cm³/mol. The summed E-state index contributed by atoms with van der Waals surface area (Å²) in [7, 11) is 0. The maximum absolute atomic E-state index is 12.5. The minimum Gasteiger partial charge on any atom is -0.356 e. The van der Waals surface area contributed by atoms with E-state index in [1.54, 1.807) is 0 Å². The molecular formula is C21H28N4O. The fourth-order valence-electron chi connectivity index (χ4n) is 4.24. The van der Waals surface area contributed by atoms with E-state index in [0.717, 1.165) is 51.9 Å². The van der Waals surface area contributed by atoms with Gasteiger partial charge in [0.1, 0.15) is 0 Å². The number of aromatic amines is 1. The molecule has 2 heterocycles. The Bertz CT molecular complexity index is 727. The van der Waals surface area contributed by atoms with E-state index in [2.05, 4.69) is 50.7 Å². The Morgan fingerprint density at radius 3 is 3.04 bits per heavy atom. The van der Waals surface area contributed by atoms with Crippen LogP contribution in [0, 0.1) is 11.8 Å². The molecule has 2 aromatic rings. The van der Waals surface area contributed by atoms with Crippen molar-refractivity contribution in [1.82, 2.24) is 20.4 Å². The summed E-state index contributed by atoms with van der Waals surface area (Å²) in [5, 5.41) is 10.3. The van der Waals surface area contributed by atoms with E-state index < -0.39 is 0 Å². The SMILES string of the molecule is O=C(NCC1CCN(CCc2ccccc2)C1)C1CCc2[nH]ncc2C1. The number of carbonyl (C=O) groups is 1. The van der Waals surface area contributed by atoms with Crippen LogP contribution < -0.4 is 5.32 Å². The Kier molecular flexibility index (Phi) is 5.34. The van der Waals surface area contributed by atoms with Crippen LogP contribution >= 0.6 is 0 Å². The average molecular weight is 352 g/mol. The molecule has 26 heavy (non-hydrogen) atoms. The van der Waals surface area contributed by atoms with Gasteiger partial charge in [-0.15, -0.1) is 0 Å². The number of hydrogen-bond acceptors (Lipinski definition) is 3. The second-order valence-corrected chi connectivity index (χ2v) is 7.75. The number of aryl methyl sites for hydroxylation is 1. The Hall–Kier alpha value is -2.14. The lowest BCUT2D eigenvalue weighted by molar-refractivity contribution is -0.125. The number of rotatable bonds is 6. The third kappa shape index (κ3) is 4.15. The molecule has 0 saturated carbocycles. The number of benzene rings is 1. The van der Waals surface area contributed by atoms with Crippen molar-refractivity contribution in [3.05, 3.63) is 53.3 Å². The van der Waals surface area contributed by atoms with Gasteiger partial charge in [-0.25, -0.2) is 0 Å². The van der Waals surface area contributed by atoms with Gasteiger partial charge in [0.15, 0.2) is 0 Å². The van der Waals surface area contributed by atoms with Crippen LogP contribution in [-0.2, 0) is 24.1 Å². The molecule has 2 atom stereocenters. The zero-order valence-electron chi connectivity index (χ0n) is 15.3. The van der Waals surface area contributed by atoms with Crippen LogP contribution in [0.25, 0.3) is 0 Å². The largest absolute Gasteiger partial charge is 0.356 e. The highest BCUT2D eigenvalue weighted by Crippen LogP contribution is 2.24. The van der Waals surface area contributed by atoms with E-state index in [1.165, 1.54) is 23.2 Å². The summed E-state index contributed by atoms with van der Waals surface area (Å²) >= 11 is 0. The summed E-state index contributed by atoms with van der Waals surface area (Å²) in [6.45, 7) is 4.18. The Labute approximate surface area is 155 Å². The van der Waals surface area contributed by atoms with E-state index >= 15 is 0 Å². The highest BCUT2D eigenvalue weighted by Gasteiger charge is 2.27. The first-order chi connectivity index (χ1) is 12.8. The summed E-state index contributed by atoms with van der Waals surface area (Å²) < 4.78 is 0. The molecule has 2 unspecified atom stereocenters. The number of nitrogens with zero attached hydrogens (tertiary/aromatic N) is 2. The number of carbonyl (C=O) groups excluding carboxylic acids is 1. The van der Waals surface area contributed by atoms with Crippen molar-refractivity contribution in [3.8, 4) is 0 Å². The van der Waals surface area contributed by atoms with Crippen molar-refractivity contribution in [2.75, 3.05) is 26.2 Å². The quantitative estimate of drug-likeness (QED) is 0.838. The minimum atomic E-state index is 0.107. The van der Waals surface area contributed by atoms with Gasteiger partial charge in [-0.1, -0.05) is 30.3 Å². The summed E-state index contributed by atoms with van der Waals surface area (Å²) in [6.07, 6.45) is 6.85. The molecule has 1 amide bonds. The van der Waals surface area contributed by atoms with Gasteiger partial charge in [-0.2, -0.15) is 5.10 Å². The lowest BCUT2D eigenvalue weighted by Crippen LogP contribution is -2.37. The van der Waals surface area contributed by atoms with E-state index in [0.29, 0.717) is 5.92 Å². The molecule has 1 aliphatic heterocycles. The summed E-state index contributed by atoms with van der Waals surface area (Å²) in [4.78, 5) is 15.1. The first kappa shape index (κ1) is 17.3. The molecule has 1 saturated heterocycles. The van der Waals surface area contributed by atoms with Gasteiger partial charge in [0, 0.05) is 31.2 Å². The van der Waals surface area contributed by atoms with E-state index in [4.69, 9.17) is 0 Å². The Balaban J connectivity index is 1.18. The number of fused-ring (bicyclic) bond motifs is 1. The van der Waals surface area contributed by atoms with Crippen molar-refractivity contribution in [2.45, 2.75) is 32.1 Å². The molecule has 2 aliphatic rings. The second kappa shape index (κ2) is 8.04. The van der Waals surface area contributed by atoms with Crippen molar-refractivity contribution < 1.29 is 4.79 Å². The maximum Gasteiger partial charge on any atom is 0.223 e. The second-order valence-electron chi connectivity index (χ2n) is 7.75. The first-order valence-corrected chi connectivity index (χ1v) is 9.83. The minimum absolute atomic E-state index is 0.107. The summed E-state index contributed by atoms with van der Waals surface area (Å²) in [5.41, 5.74) is 3.82. The molecule has 1 aromatic carbocycles. The van der Waals surface area contributed by atoms with Gasteiger partial charge in [-0.3, -0.25) is 9.89 Å². The Morgan fingerprint density at radius 1 is 1.27 bits per heavy atom. The van der Waals surface area contributed by atoms with Gasteiger partial charge >= 0.3 is 0 Å². The van der Waals surface area contributed by atoms with Crippen LogP contribution in [0.15, 0.2) is 36.5 Å².